The third-order valence-electron chi connectivity index (χ3n) is 2.62. The smallest absolute Gasteiger partial charge is 0.153 e. The van der Waals surface area contributed by atoms with E-state index >= 15 is 0 Å². The second kappa shape index (κ2) is 6.27. The molecule has 0 radical (unpaired) electrons. The van der Waals surface area contributed by atoms with Crippen molar-refractivity contribution in [3.63, 3.8) is 0 Å². The van der Waals surface area contributed by atoms with E-state index in [0.29, 0.717) is 0 Å². The standard InChI is InChI=1S/C11H14Br2N4S/c1-3-4-14-9(7-5-8(12)18-6-7)10-11(13)15-16-17(10)2/h5-6,9,14H,3-4H2,1-2H3. The summed E-state index contributed by atoms with van der Waals surface area (Å²) in [6.45, 7) is 3.11. The van der Waals surface area contributed by atoms with Crippen LogP contribution >= 0.6 is 43.2 Å². The molecule has 2 rings (SSSR count). The molecule has 0 fully saturated rings. The van der Waals surface area contributed by atoms with Gasteiger partial charge in [0.25, 0.3) is 0 Å². The Balaban J connectivity index is 2.36. The highest BCUT2D eigenvalue weighted by molar-refractivity contribution is 9.11. The normalized spacial score (nSPS) is 12.9. The number of hydrogen-bond acceptors (Lipinski definition) is 4. The number of halogens is 2. The van der Waals surface area contributed by atoms with Crippen molar-refractivity contribution in [2.75, 3.05) is 6.54 Å². The maximum absolute atomic E-state index is 4.06. The van der Waals surface area contributed by atoms with Gasteiger partial charge in [0.1, 0.15) is 0 Å². The summed E-state index contributed by atoms with van der Waals surface area (Å²) in [5.74, 6) is 0. The van der Waals surface area contributed by atoms with Crippen molar-refractivity contribution in [3.8, 4) is 0 Å². The molecule has 1 N–H and O–H groups in total. The Morgan fingerprint density at radius 1 is 1.50 bits per heavy atom. The summed E-state index contributed by atoms with van der Waals surface area (Å²) < 4.78 is 3.73. The van der Waals surface area contributed by atoms with Crippen LogP contribution in [0.3, 0.4) is 0 Å². The SMILES string of the molecule is CCCNC(c1csc(Br)c1)c1c(Br)nnn1C. The fourth-order valence-electron chi connectivity index (χ4n) is 1.78. The molecule has 1 unspecified atom stereocenters. The second-order valence-corrected chi connectivity index (χ2v) is 7.00. The van der Waals surface area contributed by atoms with Gasteiger partial charge in [-0.3, -0.25) is 0 Å². The summed E-state index contributed by atoms with van der Waals surface area (Å²) in [5, 5.41) is 13.8. The summed E-state index contributed by atoms with van der Waals surface area (Å²) in [6, 6.07) is 2.25. The average molecular weight is 394 g/mol. The first kappa shape index (κ1) is 14.2. The van der Waals surface area contributed by atoms with Crippen molar-refractivity contribution in [2.24, 2.45) is 7.05 Å². The minimum absolute atomic E-state index is 0.113. The maximum Gasteiger partial charge on any atom is 0.153 e. The number of aryl methyl sites for hydroxylation is 1. The average Bonchev–Trinajstić information content (AvgIpc) is 2.90. The summed E-state index contributed by atoms with van der Waals surface area (Å²) in [5.41, 5.74) is 2.28. The van der Waals surface area contributed by atoms with Gasteiger partial charge < -0.3 is 5.32 Å². The van der Waals surface area contributed by atoms with E-state index in [1.807, 2.05) is 11.7 Å². The van der Waals surface area contributed by atoms with E-state index in [4.69, 9.17) is 0 Å². The van der Waals surface area contributed by atoms with E-state index in [1.165, 1.54) is 5.56 Å². The number of aromatic nitrogens is 3. The molecule has 0 aliphatic carbocycles. The maximum atomic E-state index is 4.06. The lowest BCUT2D eigenvalue weighted by atomic mass is 10.1. The van der Waals surface area contributed by atoms with Gasteiger partial charge in [0.2, 0.25) is 0 Å². The van der Waals surface area contributed by atoms with Gasteiger partial charge in [0.15, 0.2) is 4.60 Å². The fraction of sp³-hybridized carbons (Fsp3) is 0.455. The van der Waals surface area contributed by atoms with Gasteiger partial charge in [-0.1, -0.05) is 12.1 Å². The highest BCUT2D eigenvalue weighted by Crippen LogP contribution is 2.31. The lowest BCUT2D eigenvalue weighted by Gasteiger charge is -2.17. The largest absolute Gasteiger partial charge is 0.305 e. The molecule has 2 heterocycles. The number of thiophene rings is 1. The molecule has 0 spiro atoms. The van der Waals surface area contributed by atoms with Crippen molar-refractivity contribution in [2.45, 2.75) is 19.4 Å². The molecular formula is C11H14Br2N4S. The second-order valence-electron chi connectivity index (χ2n) is 3.96. The fourth-order valence-corrected chi connectivity index (χ4v) is 3.54. The van der Waals surface area contributed by atoms with Crippen LogP contribution in [0.5, 0.6) is 0 Å². The van der Waals surface area contributed by atoms with Gasteiger partial charge in [0.05, 0.1) is 15.5 Å². The molecule has 0 amide bonds. The zero-order valence-electron chi connectivity index (χ0n) is 10.2. The van der Waals surface area contributed by atoms with E-state index in [2.05, 4.69) is 65.9 Å². The number of hydrogen-bond donors (Lipinski definition) is 1. The van der Waals surface area contributed by atoms with Gasteiger partial charge in [-0.25, -0.2) is 4.68 Å². The third-order valence-corrected chi connectivity index (χ3v) is 4.71. The van der Waals surface area contributed by atoms with Gasteiger partial charge in [-0.2, -0.15) is 0 Å². The first-order valence-electron chi connectivity index (χ1n) is 5.65. The number of nitrogens with one attached hydrogen (secondary N) is 1. The molecule has 7 heteroatoms. The van der Waals surface area contributed by atoms with Crippen LogP contribution in [0.1, 0.15) is 30.6 Å². The zero-order valence-corrected chi connectivity index (χ0v) is 14.1. The summed E-state index contributed by atoms with van der Waals surface area (Å²) in [4.78, 5) is 0. The quantitative estimate of drug-likeness (QED) is 0.845. The monoisotopic (exact) mass is 392 g/mol. The van der Waals surface area contributed by atoms with Crippen molar-refractivity contribution in [1.82, 2.24) is 20.3 Å². The number of rotatable bonds is 5. The first-order valence-corrected chi connectivity index (χ1v) is 8.12. The Labute approximate surface area is 127 Å². The minimum Gasteiger partial charge on any atom is -0.305 e. The van der Waals surface area contributed by atoms with Crippen LogP contribution in [0.4, 0.5) is 0 Å². The molecule has 2 aromatic rings. The van der Waals surface area contributed by atoms with Crippen LogP contribution in [0.15, 0.2) is 19.8 Å². The van der Waals surface area contributed by atoms with Crippen molar-refractivity contribution in [1.29, 1.82) is 0 Å². The van der Waals surface area contributed by atoms with Gasteiger partial charge in [-0.05, 0) is 61.8 Å². The van der Waals surface area contributed by atoms with Crippen molar-refractivity contribution < 1.29 is 0 Å². The molecule has 0 saturated carbocycles. The Kier molecular flexibility index (Phi) is 4.94. The van der Waals surface area contributed by atoms with Crippen molar-refractivity contribution in [3.05, 3.63) is 31.1 Å². The minimum atomic E-state index is 0.113. The molecule has 0 saturated heterocycles. The van der Waals surface area contributed by atoms with E-state index in [0.717, 1.165) is 27.0 Å². The molecule has 98 valence electrons. The predicted octanol–water partition coefficient (Wildman–Crippen LogP) is 3.49. The van der Waals surface area contributed by atoms with E-state index in [1.54, 1.807) is 11.3 Å². The molecule has 0 aliphatic heterocycles. The Bertz CT molecular complexity index is 503. The molecule has 0 aromatic carbocycles. The van der Waals surface area contributed by atoms with Gasteiger partial charge in [-0.15, -0.1) is 16.4 Å². The van der Waals surface area contributed by atoms with Gasteiger partial charge >= 0.3 is 0 Å². The zero-order chi connectivity index (χ0) is 13.1. The molecule has 0 aliphatic rings. The van der Waals surface area contributed by atoms with Crippen molar-refractivity contribution >= 4 is 43.2 Å². The molecule has 0 bridgehead atoms. The molecule has 2 aromatic heterocycles. The topological polar surface area (TPSA) is 42.7 Å². The Hall–Kier alpha value is -0.240. The Morgan fingerprint density at radius 3 is 2.78 bits per heavy atom. The first-order chi connectivity index (χ1) is 8.63. The molecule has 1 atom stereocenters. The third kappa shape index (κ3) is 3.01. The summed E-state index contributed by atoms with van der Waals surface area (Å²) >= 11 is 8.67. The highest BCUT2D eigenvalue weighted by Gasteiger charge is 2.22. The molecule has 4 nitrogen and oxygen atoms in total. The summed E-state index contributed by atoms with van der Waals surface area (Å²) in [7, 11) is 1.91. The van der Waals surface area contributed by atoms with Crippen LogP contribution in [0.2, 0.25) is 0 Å². The van der Waals surface area contributed by atoms with Crippen LogP contribution in [0, 0.1) is 0 Å². The van der Waals surface area contributed by atoms with E-state index in [9.17, 15) is 0 Å². The molecular weight excluding hydrogens is 380 g/mol. The lowest BCUT2D eigenvalue weighted by molar-refractivity contribution is 0.550. The van der Waals surface area contributed by atoms with Crippen LogP contribution in [-0.2, 0) is 7.05 Å². The lowest BCUT2D eigenvalue weighted by Crippen LogP contribution is -2.25. The van der Waals surface area contributed by atoms with E-state index < -0.39 is 0 Å². The Morgan fingerprint density at radius 2 is 2.28 bits per heavy atom. The van der Waals surface area contributed by atoms with Crippen LogP contribution in [0.25, 0.3) is 0 Å². The molecule has 18 heavy (non-hydrogen) atoms. The van der Waals surface area contributed by atoms with Crippen LogP contribution in [-0.4, -0.2) is 21.5 Å². The number of nitrogens with zero attached hydrogens (tertiary/aromatic N) is 3. The van der Waals surface area contributed by atoms with Gasteiger partial charge in [0, 0.05) is 7.05 Å². The predicted molar refractivity (Wildman–Crippen MR) is 80.9 cm³/mol. The van der Waals surface area contributed by atoms with Crippen LogP contribution < -0.4 is 5.32 Å². The van der Waals surface area contributed by atoms with E-state index in [-0.39, 0.29) is 6.04 Å². The summed E-state index contributed by atoms with van der Waals surface area (Å²) in [6.07, 6.45) is 1.09. The highest BCUT2D eigenvalue weighted by atomic mass is 79.9.